The second-order valence-corrected chi connectivity index (χ2v) is 4.99. The molecule has 2 N–H and O–H groups in total. The average molecular weight is 222 g/mol. The highest BCUT2D eigenvalue weighted by Crippen LogP contribution is 2.99. The maximum Gasteiger partial charge on any atom is 0.407 e. The van der Waals surface area contributed by atoms with Gasteiger partial charge in [0, 0.05) is 5.57 Å². The molecule has 2 heterocycles. The Morgan fingerprint density at radius 3 is 2.29 bits per heavy atom. The number of aliphatic hydroxyl groups is 2. The standard InChI is InChI=1S/C6H7O7P/c1-3(2)4(7)11-5(8,9)6-12-14(6,10)13-6/h8-9H,1H2,2H3. The Hall–Kier alpha value is -0.720. The zero-order valence-electron chi connectivity index (χ0n) is 7.09. The number of carbonyl (C=O) groups is 1. The summed E-state index contributed by atoms with van der Waals surface area (Å²) in [7, 11) is -3.37. The fourth-order valence-corrected chi connectivity index (χ4v) is 2.49. The molecule has 78 valence electrons. The Morgan fingerprint density at radius 1 is 1.57 bits per heavy atom. The van der Waals surface area contributed by atoms with E-state index in [1.54, 1.807) is 0 Å². The molecule has 0 radical (unpaired) electrons. The van der Waals surface area contributed by atoms with Crippen LogP contribution in [0.25, 0.3) is 0 Å². The van der Waals surface area contributed by atoms with Crippen molar-refractivity contribution in [3.8, 4) is 0 Å². The summed E-state index contributed by atoms with van der Waals surface area (Å²) in [6.07, 6.45) is 0. The molecule has 0 aromatic rings. The first kappa shape index (κ1) is 9.82. The van der Waals surface area contributed by atoms with E-state index in [2.05, 4.69) is 20.4 Å². The first-order valence-corrected chi connectivity index (χ1v) is 5.14. The SMILES string of the molecule is C=C(C)C(=O)OC(O)(O)C12OP1(=O)O2. The van der Waals surface area contributed by atoms with Gasteiger partial charge in [-0.05, 0) is 6.92 Å². The third kappa shape index (κ3) is 1.01. The molecule has 2 rings (SSSR count). The summed E-state index contributed by atoms with van der Waals surface area (Å²) in [6.45, 7) is 4.54. The highest BCUT2D eigenvalue weighted by molar-refractivity contribution is 7.68. The highest BCUT2D eigenvalue weighted by atomic mass is 31.2. The van der Waals surface area contributed by atoms with Crippen LogP contribution < -0.4 is 0 Å². The predicted octanol–water partition coefficient (Wildman–Crippen LogP) is -0.349. The number of hydrogen-bond acceptors (Lipinski definition) is 7. The van der Waals surface area contributed by atoms with Crippen molar-refractivity contribution in [3.63, 3.8) is 0 Å². The fraction of sp³-hybridized carbons (Fsp3) is 0.500. The van der Waals surface area contributed by atoms with Gasteiger partial charge in [0.1, 0.15) is 0 Å². The maximum atomic E-state index is 10.9. The van der Waals surface area contributed by atoms with Crippen molar-refractivity contribution < 1.29 is 33.4 Å². The van der Waals surface area contributed by atoms with Gasteiger partial charge in [0.25, 0.3) is 0 Å². The lowest BCUT2D eigenvalue weighted by atomic mass is 10.3. The van der Waals surface area contributed by atoms with Crippen molar-refractivity contribution in [3.05, 3.63) is 12.2 Å². The number of carbonyl (C=O) groups excluding carboxylic acids is 1. The summed E-state index contributed by atoms with van der Waals surface area (Å²) in [5.74, 6) is -4.07. The molecule has 0 unspecified atom stereocenters. The van der Waals surface area contributed by atoms with Crippen LogP contribution in [-0.2, 0) is 23.1 Å². The van der Waals surface area contributed by atoms with Crippen LogP contribution in [-0.4, -0.2) is 27.7 Å². The van der Waals surface area contributed by atoms with Crippen LogP contribution >= 0.6 is 7.60 Å². The molecule has 2 fully saturated rings. The lowest BCUT2D eigenvalue weighted by Gasteiger charge is -2.19. The van der Waals surface area contributed by atoms with Crippen molar-refractivity contribution in [2.75, 3.05) is 0 Å². The molecular formula is C6H7O7P. The number of fused-ring (bicyclic) bond motifs is 1. The predicted molar refractivity (Wildman–Crippen MR) is 40.6 cm³/mol. The Morgan fingerprint density at radius 2 is 2.00 bits per heavy atom. The number of ether oxygens (including phenoxy) is 1. The Labute approximate surface area is 78.4 Å². The second-order valence-electron chi connectivity index (χ2n) is 3.04. The summed E-state index contributed by atoms with van der Waals surface area (Å²) >= 11 is 0. The molecule has 0 atom stereocenters. The van der Waals surface area contributed by atoms with Crippen LogP contribution in [0.3, 0.4) is 0 Å². The Balaban J connectivity index is 2.08. The minimum atomic E-state index is -3.37. The molecule has 14 heavy (non-hydrogen) atoms. The lowest BCUT2D eigenvalue weighted by Crippen LogP contribution is -2.44. The van der Waals surface area contributed by atoms with Crippen molar-refractivity contribution in [2.24, 2.45) is 0 Å². The number of esters is 1. The van der Waals surface area contributed by atoms with Gasteiger partial charge < -0.3 is 14.9 Å². The van der Waals surface area contributed by atoms with E-state index in [1.165, 1.54) is 6.92 Å². The van der Waals surface area contributed by atoms with E-state index < -0.39 is 25.1 Å². The van der Waals surface area contributed by atoms with E-state index in [0.717, 1.165) is 0 Å². The van der Waals surface area contributed by atoms with Crippen LogP contribution in [0.15, 0.2) is 12.2 Å². The third-order valence-corrected chi connectivity index (χ3v) is 3.64. The summed E-state index contributed by atoms with van der Waals surface area (Å²) in [5.41, 5.74) is -2.09. The van der Waals surface area contributed by atoms with Gasteiger partial charge in [0.15, 0.2) is 0 Å². The van der Waals surface area contributed by atoms with E-state index in [9.17, 15) is 19.6 Å². The van der Waals surface area contributed by atoms with Gasteiger partial charge in [-0.2, -0.15) is 0 Å². The highest BCUT2D eigenvalue weighted by Gasteiger charge is 3.01. The lowest BCUT2D eigenvalue weighted by molar-refractivity contribution is -0.370. The van der Waals surface area contributed by atoms with Crippen molar-refractivity contribution in [1.82, 2.24) is 0 Å². The van der Waals surface area contributed by atoms with E-state index in [4.69, 9.17) is 0 Å². The first-order valence-electron chi connectivity index (χ1n) is 3.59. The summed E-state index contributed by atoms with van der Waals surface area (Å²) in [4.78, 5) is 10.9. The van der Waals surface area contributed by atoms with E-state index in [0.29, 0.717) is 0 Å². The van der Waals surface area contributed by atoms with Crippen LogP contribution in [0.4, 0.5) is 0 Å². The second kappa shape index (κ2) is 2.26. The molecule has 0 saturated carbocycles. The molecule has 8 heteroatoms. The molecule has 0 aliphatic carbocycles. The van der Waals surface area contributed by atoms with Gasteiger partial charge in [-0.25, -0.2) is 4.79 Å². The van der Waals surface area contributed by atoms with E-state index in [1.807, 2.05) is 0 Å². The van der Waals surface area contributed by atoms with Crippen molar-refractivity contribution >= 4 is 13.6 Å². The normalized spacial score (nSPS) is 38.5. The molecule has 0 spiro atoms. The number of hydrogen-bond donors (Lipinski definition) is 2. The maximum absolute atomic E-state index is 10.9. The monoisotopic (exact) mass is 222 g/mol. The zero-order chi connectivity index (χ0) is 10.8. The quantitative estimate of drug-likeness (QED) is 0.221. The van der Waals surface area contributed by atoms with Gasteiger partial charge >= 0.3 is 25.1 Å². The minimum Gasteiger partial charge on any atom is -0.400 e. The van der Waals surface area contributed by atoms with Crippen molar-refractivity contribution in [2.45, 2.75) is 18.4 Å². The van der Waals surface area contributed by atoms with Gasteiger partial charge in [0.05, 0.1) is 0 Å². The summed E-state index contributed by atoms with van der Waals surface area (Å²) in [5, 5.41) is 18.4. The molecule has 0 aromatic heterocycles. The topological polar surface area (TPSA) is 109 Å². The van der Waals surface area contributed by atoms with Crippen LogP contribution in [0.2, 0.25) is 0 Å². The summed E-state index contributed by atoms with van der Waals surface area (Å²) < 4.78 is 23.8. The molecular weight excluding hydrogens is 215 g/mol. The zero-order valence-corrected chi connectivity index (χ0v) is 7.98. The van der Waals surface area contributed by atoms with E-state index >= 15 is 0 Å². The Kier molecular flexibility index (Phi) is 1.59. The molecule has 0 aromatic carbocycles. The Bertz CT molecular complexity index is 374. The van der Waals surface area contributed by atoms with Crippen molar-refractivity contribution in [1.29, 1.82) is 0 Å². The molecule has 2 aliphatic heterocycles. The first-order chi connectivity index (χ1) is 6.24. The van der Waals surface area contributed by atoms with Gasteiger partial charge in [-0.3, -0.25) is 13.6 Å². The minimum absolute atomic E-state index is 0.0370. The van der Waals surface area contributed by atoms with Gasteiger partial charge in [-0.15, -0.1) is 0 Å². The third-order valence-electron chi connectivity index (χ3n) is 1.78. The summed E-state index contributed by atoms with van der Waals surface area (Å²) in [6, 6.07) is 0. The largest absolute Gasteiger partial charge is 0.407 e. The number of rotatable bonds is 3. The van der Waals surface area contributed by atoms with E-state index in [-0.39, 0.29) is 5.57 Å². The molecule has 7 nitrogen and oxygen atoms in total. The molecule has 2 saturated heterocycles. The van der Waals surface area contributed by atoms with Crippen LogP contribution in [0.5, 0.6) is 0 Å². The molecule has 2 aliphatic rings. The van der Waals surface area contributed by atoms with Gasteiger partial charge in [0.2, 0.25) is 0 Å². The van der Waals surface area contributed by atoms with Crippen LogP contribution in [0, 0.1) is 0 Å². The smallest absolute Gasteiger partial charge is 0.400 e. The molecule has 0 amide bonds. The average Bonchev–Trinajstić information content (AvgIpc) is 2.72. The van der Waals surface area contributed by atoms with Gasteiger partial charge in [-0.1, -0.05) is 6.58 Å². The molecule has 0 bridgehead atoms. The fourth-order valence-electron chi connectivity index (χ4n) is 0.870. The van der Waals surface area contributed by atoms with Crippen LogP contribution in [0.1, 0.15) is 6.92 Å².